The SMILES string of the molecule is Cc1ccc(S(=O)(=O)NCC(CCCI)(c2ccccc2)c2ccccc2)cc1. The number of sulfonamides is 1. The van der Waals surface area contributed by atoms with E-state index in [9.17, 15) is 8.42 Å². The Labute approximate surface area is 187 Å². The third-order valence-electron chi connectivity index (χ3n) is 5.29. The molecule has 0 amide bonds. The second kappa shape index (κ2) is 9.87. The molecule has 1 N–H and O–H groups in total. The number of hydrogen-bond donors (Lipinski definition) is 1. The molecule has 0 aliphatic heterocycles. The molecule has 0 aliphatic carbocycles. The van der Waals surface area contributed by atoms with Crippen molar-refractivity contribution in [1.82, 2.24) is 4.72 Å². The largest absolute Gasteiger partial charge is 0.240 e. The molecule has 0 atom stereocenters. The summed E-state index contributed by atoms with van der Waals surface area (Å²) >= 11 is 2.38. The monoisotopic (exact) mass is 519 g/mol. The molecule has 0 heterocycles. The maximum absolute atomic E-state index is 13.0. The Hall–Kier alpha value is -1.70. The van der Waals surface area contributed by atoms with Crippen molar-refractivity contribution in [1.29, 1.82) is 0 Å². The standard InChI is InChI=1S/C24H26INO2S/c1-20-13-15-23(16-14-20)29(27,28)26-19-24(17-8-18-25,21-9-4-2-5-10-21)22-11-6-3-7-12-22/h2-7,9-16,26H,8,17-19H2,1H3. The first kappa shape index (κ1) is 22.0. The minimum Gasteiger partial charge on any atom is -0.210 e. The minimum absolute atomic E-state index is 0.298. The lowest BCUT2D eigenvalue weighted by Crippen LogP contribution is -2.42. The third-order valence-corrected chi connectivity index (χ3v) is 7.47. The zero-order chi connectivity index (χ0) is 20.7. The van der Waals surface area contributed by atoms with Gasteiger partial charge in [0.15, 0.2) is 0 Å². The number of benzene rings is 3. The van der Waals surface area contributed by atoms with Crippen LogP contribution in [0.25, 0.3) is 0 Å². The Balaban J connectivity index is 2.01. The van der Waals surface area contributed by atoms with E-state index in [0.717, 1.165) is 34.0 Å². The fourth-order valence-electron chi connectivity index (χ4n) is 3.65. The zero-order valence-electron chi connectivity index (χ0n) is 16.5. The van der Waals surface area contributed by atoms with Gasteiger partial charge in [0.25, 0.3) is 0 Å². The summed E-state index contributed by atoms with van der Waals surface area (Å²) in [5.41, 5.74) is 2.87. The molecule has 0 fully saturated rings. The highest BCUT2D eigenvalue weighted by molar-refractivity contribution is 14.1. The number of aryl methyl sites for hydroxylation is 1. The first-order valence-electron chi connectivity index (χ1n) is 9.71. The summed E-state index contributed by atoms with van der Waals surface area (Å²) in [5.74, 6) is 0. The van der Waals surface area contributed by atoms with Crippen LogP contribution in [0.5, 0.6) is 0 Å². The molecule has 152 valence electrons. The molecular formula is C24H26INO2S. The Morgan fingerprint density at radius 1 is 0.828 bits per heavy atom. The number of halogens is 1. The molecular weight excluding hydrogens is 493 g/mol. The number of nitrogens with one attached hydrogen (secondary N) is 1. The highest BCUT2D eigenvalue weighted by Crippen LogP contribution is 2.37. The van der Waals surface area contributed by atoms with Gasteiger partial charge in [-0.15, -0.1) is 0 Å². The highest BCUT2D eigenvalue weighted by atomic mass is 127. The predicted octanol–water partition coefficient (Wildman–Crippen LogP) is 5.47. The van der Waals surface area contributed by atoms with Crippen LogP contribution in [0, 0.1) is 6.92 Å². The minimum atomic E-state index is -3.60. The molecule has 0 bridgehead atoms. The lowest BCUT2D eigenvalue weighted by molar-refractivity contribution is 0.457. The van der Waals surface area contributed by atoms with Crippen molar-refractivity contribution in [3.63, 3.8) is 0 Å². The van der Waals surface area contributed by atoms with Gasteiger partial charge < -0.3 is 0 Å². The Morgan fingerprint density at radius 3 is 1.83 bits per heavy atom. The summed E-state index contributed by atoms with van der Waals surface area (Å²) in [7, 11) is -3.60. The maximum Gasteiger partial charge on any atom is 0.240 e. The predicted molar refractivity (Wildman–Crippen MR) is 128 cm³/mol. The van der Waals surface area contributed by atoms with Gasteiger partial charge in [-0.05, 0) is 47.5 Å². The summed E-state index contributed by atoms with van der Waals surface area (Å²) < 4.78 is 30.0. The van der Waals surface area contributed by atoms with Crippen LogP contribution in [0.2, 0.25) is 0 Å². The van der Waals surface area contributed by atoms with Crippen LogP contribution in [0.3, 0.4) is 0 Å². The molecule has 0 radical (unpaired) electrons. The molecule has 0 aromatic heterocycles. The van der Waals surface area contributed by atoms with E-state index in [1.54, 1.807) is 12.1 Å². The van der Waals surface area contributed by atoms with Crippen molar-refractivity contribution in [2.24, 2.45) is 0 Å². The van der Waals surface area contributed by atoms with Gasteiger partial charge in [-0.3, -0.25) is 0 Å². The van der Waals surface area contributed by atoms with E-state index in [-0.39, 0.29) is 0 Å². The zero-order valence-corrected chi connectivity index (χ0v) is 19.5. The fraction of sp³-hybridized carbons (Fsp3) is 0.250. The van der Waals surface area contributed by atoms with Gasteiger partial charge in [0.2, 0.25) is 10.0 Å². The van der Waals surface area contributed by atoms with Gasteiger partial charge >= 0.3 is 0 Å². The van der Waals surface area contributed by atoms with Crippen LogP contribution in [-0.2, 0) is 15.4 Å². The van der Waals surface area contributed by atoms with Crippen molar-refractivity contribution in [3.8, 4) is 0 Å². The normalized spacial score (nSPS) is 12.1. The van der Waals surface area contributed by atoms with Gasteiger partial charge in [0, 0.05) is 12.0 Å². The first-order chi connectivity index (χ1) is 14.0. The molecule has 3 aromatic rings. The average Bonchev–Trinajstić information content (AvgIpc) is 2.76. The summed E-state index contributed by atoms with van der Waals surface area (Å²) in [5, 5.41) is 0. The third kappa shape index (κ3) is 5.27. The van der Waals surface area contributed by atoms with E-state index in [2.05, 4.69) is 51.6 Å². The van der Waals surface area contributed by atoms with Gasteiger partial charge in [-0.25, -0.2) is 13.1 Å². The van der Waals surface area contributed by atoms with Crippen LogP contribution >= 0.6 is 22.6 Å². The van der Waals surface area contributed by atoms with Crippen LogP contribution in [0.4, 0.5) is 0 Å². The fourth-order valence-corrected chi connectivity index (χ4v) is 5.13. The van der Waals surface area contributed by atoms with Crippen molar-refractivity contribution < 1.29 is 8.42 Å². The van der Waals surface area contributed by atoms with E-state index >= 15 is 0 Å². The number of rotatable bonds is 9. The van der Waals surface area contributed by atoms with Gasteiger partial charge in [-0.2, -0.15) is 0 Å². The van der Waals surface area contributed by atoms with Crippen molar-refractivity contribution >= 4 is 32.6 Å². The summed E-state index contributed by atoms with van der Waals surface area (Å²) in [6.07, 6.45) is 1.86. The lowest BCUT2D eigenvalue weighted by Gasteiger charge is -2.35. The van der Waals surface area contributed by atoms with Crippen molar-refractivity contribution in [2.75, 3.05) is 11.0 Å². The molecule has 0 aliphatic rings. The smallest absolute Gasteiger partial charge is 0.210 e. The average molecular weight is 519 g/mol. The van der Waals surface area contributed by atoms with Gasteiger partial charge in [0.05, 0.1) is 4.90 Å². The molecule has 0 saturated heterocycles. The molecule has 0 unspecified atom stereocenters. The Kier molecular flexibility index (Phi) is 7.49. The molecule has 3 aromatic carbocycles. The lowest BCUT2D eigenvalue weighted by atomic mass is 9.71. The van der Waals surface area contributed by atoms with E-state index in [1.807, 2.05) is 55.5 Å². The van der Waals surface area contributed by atoms with Crippen LogP contribution in [0.1, 0.15) is 29.5 Å². The summed E-state index contributed by atoms with van der Waals surface area (Å²) in [6.45, 7) is 2.26. The Bertz CT molecular complexity index is 964. The molecule has 3 nitrogen and oxygen atoms in total. The summed E-state index contributed by atoms with van der Waals surface area (Å²) in [4.78, 5) is 0.298. The van der Waals surface area contributed by atoms with E-state index < -0.39 is 15.4 Å². The van der Waals surface area contributed by atoms with Crippen LogP contribution < -0.4 is 4.72 Å². The van der Waals surface area contributed by atoms with Crippen molar-refractivity contribution in [3.05, 3.63) is 102 Å². The van der Waals surface area contributed by atoms with Gasteiger partial charge in [-0.1, -0.05) is 101 Å². The summed E-state index contributed by atoms with van der Waals surface area (Å²) in [6, 6.07) is 27.4. The van der Waals surface area contributed by atoms with E-state index in [0.29, 0.717) is 11.4 Å². The molecule has 0 saturated carbocycles. The second-order valence-electron chi connectivity index (χ2n) is 7.24. The van der Waals surface area contributed by atoms with Crippen molar-refractivity contribution in [2.45, 2.75) is 30.1 Å². The molecule has 29 heavy (non-hydrogen) atoms. The number of alkyl halides is 1. The molecule has 3 rings (SSSR count). The first-order valence-corrected chi connectivity index (χ1v) is 12.7. The number of hydrogen-bond acceptors (Lipinski definition) is 2. The second-order valence-corrected chi connectivity index (χ2v) is 10.1. The van der Waals surface area contributed by atoms with E-state index in [4.69, 9.17) is 0 Å². The Morgan fingerprint density at radius 2 is 1.34 bits per heavy atom. The topological polar surface area (TPSA) is 46.2 Å². The van der Waals surface area contributed by atoms with E-state index in [1.165, 1.54) is 0 Å². The van der Waals surface area contributed by atoms with Crippen LogP contribution in [-0.4, -0.2) is 19.4 Å². The van der Waals surface area contributed by atoms with Gasteiger partial charge in [0.1, 0.15) is 0 Å². The van der Waals surface area contributed by atoms with Crippen LogP contribution in [0.15, 0.2) is 89.8 Å². The maximum atomic E-state index is 13.0. The molecule has 0 spiro atoms. The highest BCUT2D eigenvalue weighted by Gasteiger charge is 2.35. The molecule has 5 heteroatoms. The quantitative estimate of drug-likeness (QED) is 0.301.